The van der Waals surface area contributed by atoms with Crippen LogP contribution in [0.4, 0.5) is 0 Å². The maximum Gasteiger partial charge on any atom is 1.00 e. The monoisotopic (exact) mass is 203 g/mol. The SMILES string of the molecule is C[NH+]1CCC[C@H]1c1[c-]cc(Cl)nc1.[Li+]. The van der Waals surface area contributed by atoms with E-state index < -0.39 is 0 Å². The molecule has 1 aromatic heterocycles. The van der Waals surface area contributed by atoms with Crippen molar-refractivity contribution in [2.75, 3.05) is 13.6 Å². The van der Waals surface area contributed by atoms with Crippen molar-refractivity contribution in [3.05, 3.63) is 29.0 Å². The van der Waals surface area contributed by atoms with Crippen LogP contribution in [0.5, 0.6) is 0 Å². The molecule has 1 N–H and O–H groups in total. The van der Waals surface area contributed by atoms with Gasteiger partial charge in [0, 0.05) is 18.0 Å². The number of rotatable bonds is 1. The molecule has 0 aromatic carbocycles. The molecule has 0 bridgehead atoms. The number of nitrogens with zero attached hydrogens (tertiary/aromatic N) is 1. The van der Waals surface area contributed by atoms with Gasteiger partial charge < -0.3 is 9.88 Å². The van der Waals surface area contributed by atoms with E-state index in [0.717, 1.165) is 0 Å². The Kier molecular flexibility index (Phi) is 4.47. The molecule has 14 heavy (non-hydrogen) atoms. The fourth-order valence-electron chi connectivity index (χ4n) is 1.97. The maximum absolute atomic E-state index is 5.71. The zero-order valence-electron chi connectivity index (χ0n) is 8.68. The number of pyridine rings is 1. The van der Waals surface area contributed by atoms with Crippen molar-refractivity contribution < 1.29 is 23.8 Å². The Hall–Kier alpha value is -0.00260. The van der Waals surface area contributed by atoms with Gasteiger partial charge >= 0.3 is 18.9 Å². The number of halogens is 1. The zero-order valence-corrected chi connectivity index (χ0v) is 9.43. The van der Waals surface area contributed by atoms with Gasteiger partial charge in [-0.3, -0.25) is 0 Å². The number of quaternary nitrogens is 1. The van der Waals surface area contributed by atoms with Gasteiger partial charge in [0.2, 0.25) is 0 Å². The number of likely N-dealkylation sites (tertiary alicyclic amines) is 1. The van der Waals surface area contributed by atoms with Crippen LogP contribution >= 0.6 is 11.6 Å². The van der Waals surface area contributed by atoms with Crippen LogP contribution in [-0.4, -0.2) is 18.6 Å². The maximum atomic E-state index is 5.71. The van der Waals surface area contributed by atoms with Crippen LogP contribution in [0.3, 0.4) is 0 Å². The number of aromatic nitrogens is 1. The van der Waals surface area contributed by atoms with Gasteiger partial charge in [0.05, 0.1) is 19.6 Å². The summed E-state index contributed by atoms with van der Waals surface area (Å²) in [5.41, 5.74) is 1.19. The Morgan fingerprint density at radius 2 is 2.43 bits per heavy atom. The van der Waals surface area contributed by atoms with Crippen LogP contribution in [0.1, 0.15) is 24.4 Å². The number of hydrogen-bond donors (Lipinski definition) is 1. The average molecular weight is 204 g/mol. The largest absolute Gasteiger partial charge is 1.00 e. The third kappa shape index (κ3) is 2.52. The van der Waals surface area contributed by atoms with E-state index in [4.69, 9.17) is 11.6 Å². The fraction of sp³-hybridized carbons (Fsp3) is 0.500. The van der Waals surface area contributed by atoms with Crippen molar-refractivity contribution in [1.29, 1.82) is 0 Å². The summed E-state index contributed by atoms with van der Waals surface area (Å²) in [6.45, 7) is 1.25. The third-order valence-corrected chi connectivity index (χ3v) is 2.93. The summed E-state index contributed by atoms with van der Waals surface area (Å²) in [6.07, 6.45) is 4.39. The molecule has 2 nitrogen and oxygen atoms in total. The molecule has 1 fully saturated rings. The quantitative estimate of drug-likeness (QED) is 0.314. The first-order valence-corrected chi connectivity index (χ1v) is 5.00. The molecule has 1 aliphatic heterocycles. The van der Waals surface area contributed by atoms with Gasteiger partial charge in [-0.25, -0.2) is 0 Å². The summed E-state index contributed by atoms with van der Waals surface area (Å²) in [5.74, 6) is 0. The summed E-state index contributed by atoms with van der Waals surface area (Å²) in [4.78, 5) is 5.63. The summed E-state index contributed by atoms with van der Waals surface area (Å²) in [7, 11) is 2.22. The molecule has 1 unspecified atom stereocenters. The van der Waals surface area contributed by atoms with E-state index >= 15 is 0 Å². The predicted octanol–water partition coefficient (Wildman–Crippen LogP) is -2.11. The van der Waals surface area contributed by atoms with Crippen molar-refractivity contribution >= 4 is 11.6 Å². The first kappa shape index (κ1) is 12.1. The molecule has 4 heteroatoms. The smallest absolute Gasteiger partial charge is 0.372 e. The number of hydrogen-bond acceptors (Lipinski definition) is 1. The third-order valence-electron chi connectivity index (χ3n) is 2.72. The molecule has 1 aromatic rings. The van der Waals surface area contributed by atoms with Crippen molar-refractivity contribution in [3.8, 4) is 0 Å². The van der Waals surface area contributed by atoms with E-state index in [1.54, 1.807) is 11.0 Å². The van der Waals surface area contributed by atoms with Gasteiger partial charge in [0.1, 0.15) is 0 Å². The Morgan fingerprint density at radius 3 is 2.93 bits per heavy atom. The van der Waals surface area contributed by atoms with Gasteiger partial charge in [-0.15, -0.1) is 17.7 Å². The van der Waals surface area contributed by atoms with Crippen LogP contribution < -0.4 is 23.8 Å². The Labute approximate surface area is 102 Å². The van der Waals surface area contributed by atoms with Gasteiger partial charge in [-0.05, 0) is 0 Å². The zero-order chi connectivity index (χ0) is 9.26. The standard InChI is InChI=1S/C10H12ClN2.Li/c1-13-6-2-3-9(13)8-4-5-10(11)12-7-8;/h5,7,9H,2-3,6H2,1H3;/q-1;+1/p+1/t9-;/m0./s1. The first-order valence-electron chi connectivity index (χ1n) is 4.63. The molecule has 1 aliphatic rings. The van der Waals surface area contributed by atoms with Crippen LogP contribution in [0.25, 0.3) is 0 Å². The van der Waals surface area contributed by atoms with Crippen molar-refractivity contribution in [2.45, 2.75) is 18.9 Å². The molecule has 0 saturated carbocycles. The van der Waals surface area contributed by atoms with E-state index in [1.165, 1.54) is 24.9 Å². The second kappa shape index (κ2) is 5.18. The summed E-state index contributed by atoms with van der Waals surface area (Å²) >= 11 is 5.71. The van der Waals surface area contributed by atoms with Crippen LogP contribution in [0, 0.1) is 6.07 Å². The Morgan fingerprint density at radius 1 is 1.64 bits per heavy atom. The molecular weight excluding hydrogens is 191 g/mol. The van der Waals surface area contributed by atoms with Crippen molar-refractivity contribution in [2.24, 2.45) is 0 Å². The Bertz CT molecular complexity index is 289. The van der Waals surface area contributed by atoms with E-state index in [1.807, 2.05) is 6.20 Å². The van der Waals surface area contributed by atoms with Gasteiger partial charge in [-0.1, -0.05) is 11.8 Å². The molecule has 0 amide bonds. The van der Waals surface area contributed by atoms with Crippen LogP contribution in [0.15, 0.2) is 12.3 Å². The minimum atomic E-state index is 0. The summed E-state index contributed by atoms with van der Waals surface area (Å²) in [6, 6.07) is 5.52. The minimum absolute atomic E-state index is 0. The molecule has 2 atom stereocenters. The second-order valence-electron chi connectivity index (χ2n) is 3.62. The Balaban J connectivity index is 0.000000980. The molecule has 2 heterocycles. The van der Waals surface area contributed by atoms with Crippen LogP contribution in [-0.2, 0) is 0 Å². The first-order chi connectivity index (χ1) is 6.27. The minimum Gasteiger partial charge on any atom is -0.372 e. The molecule has 1 saturated heterocycles. The molecule has 0 spiro atoms. The molecular formula is C10H13ClLiN2+. The number of nitrogens with one attached hydrogen (secondary N) is 1. The van der Waals surface area contributed by atoms with Gasteiger partial charge in [0.15, 0.2) is 0 Å². The van der Waals surface area contributed by atoms with Crippen molar-refractivity contribution in [1.82, 2.24) is 4.98 Å². The summed E-state index contributed by atoms with van der Waals surface area (Å²) in [5, 5.41) is 0.527. The van der Waals surface area contributed by atoms with Crippen molar-refractivity contribution in [3.63, 3.8) is 0 Å². The second-order valence-corrected chi connectivity index (χ2v) is 4.00. The molecule has 2 rings (SSSR count). The van der Waals surface area contributed by atoms with Gasteiger partial charge in [-0.2, -0.15) is 6.07 Å². The van der Waals surface area contributed by atoms with E-state index in [9.17, 15) is 0 Å². The normalized spacial score (nSPS) is 25.9. The van der Waals surface area contributed by atoms with Crippen LogP contribution in [0.2, 0.25) is 5.15 Å². The average Bonchev–Trinajstić information content (AvgIpc) is 2.53. The topological polar surface area (TPSA) is 17.3 Å². The predicted molar refractivity (Wildman–Crippen MR) is 51.8 cm³/mol. The molecule has 0 aliphatic carbocycles. The van der Waals surface area contributed by atoms with E-state index in [-0.39, 0.29) is 18.9 Å². The summed E-state index contributed by atoms with van der Waals surface area (Å²) < 4.78 is 0. The van der Waals surface area contributed by atoms with E-state index in [2.05, 4.69) is 18.1 Å². The molecule has 0 radical (unpaired) electrons. The fourth-order valence-corrected chi connectivity index (χ4v) is 2.07. The van der Waals surface area contributed by atoms with Gasteiger partial charge in [0.25, 0.3) is 0 Å². The molecule has 70 valence electrons. The van der Waals surface area contributed by atoms with E-state index in [0.29, 0.717) is 11.2 Å².